The van der Waals surface area contributed by atoms with Crippen LogP contribution < -0.4 is 9.80 Å². The summed E-state index contributed by atoms with van der Waals surface area (Å²) in [5, 5.41) is 31.0. The van der Waals surface area contributed by atoms with Crippen LogP contribution in [0.3, 0.4) is 0 Å². The number of nitriles is 3. The maximum atomic E-state index is 11.0. The highest BCUT2D eigenvalue weighted by Crippen LogP contribution is 2.63. The van der Waals surface area contributed by atoms with Gasteiger partial charge in [-0.25, -0.2) is 0 Å². The first-order valence-electron chi connectivity index (χ1n) is 12.8. The lowest BCUT2D eigenvalue weighted by Gasteiger charge is -2.46. The Morgan fingerprint density at radius 1 is 0.789 bits per heavy atom. The maximum Gasteiger partial charge on any atom is 0.135 e. The van der Waals surface area contributed by atoms with Gasteiger partial charge in [0.1, 0.15) is 23.1 Å². The van der Waals surface area contributed by atoms with E-state index in [-0.39, 0.29) is 11.5 Å². The molecule has 0 amide bonds. The highest BCUT2D eigenvalue weighted by Gasteiger charge is 2.54. The quantitative estimate of drug-likeness (QED) is 0.320. The summed E-state index contributed by atoms with van der Waals surface area (Å²) in [5.41, 5.74) is 4.76. The van der Waals surface area contributed by atoms with Crippen molar-refractivity contribution in [1.29, 1.82) is 15.8 Å². The second kappa shape index (κ2) is 11.1. The van der Waals surface area contributed by atoms with Crippen molar-refractivity contribution in [3.8, 4) is 18.2 Å². The second-order valence-electron chi connectivity index (χ2n) is 9.52. The van der Waals surface area contributed by atoms with E-state index in [1.54, 1.807) is 0 Å². The van der Waals surface area contributed by atoms with Crippen LogP contribution in [-0.4, -0.2) is 27.2 Å². The van der Waals surface area contributed by atoms with Gasteiger partial charge in [0.05, 0.1) is 6.07 Å². The van der Waals surface area contributed by atoms with E-state index in [0.29, 0.717) is 11.1 Å². The Morgan fingerprint density at radius 3 is 1.87 bits per heavy atom. The first kappa shape index (κ1) is 26.3. The maximum absolute atomic E-state index is 11.0. The average Bonchev–Trinajstić information content (AvgIpc) is 2.95. The van der Waals surface area contributed by atoms with Crippen LogP contribution in [0.1, 0.15) is 36.5 Å². The molecule has 5 heteroatoms. The molecule has 0 aliphatic heterocycles. The van der Waals surface area contributed by atoms with E-state index in [2.05, 4.69) is 67.3 Å². The van der Waals surface area contributed by atoms with Gasteiger partial charge in [0, 0.05) is 50.1 Å². The highest BCUT2D eigenvalue weighted by atomic mass is 15.1. The van der Waals surface area contributed by atoms with Crippen molar-refractivity contribution in [1.82, 2.24) is 0 Å². The molecule has 4 rings (SSSR count). The van der Waals surface area contributed by atoms with Crippen molar-refractivity contribution >= 4 is 22.5 Å². The van der Waals surface area contributed by atoms with E-state index in [1.807, 2.05) is 73.6 Å². The van der Waals surface area contributed by atoms with Gasteiger partial charge in [-0.05, 0) is 60.4 Å². The number of rotatable bonds is 8. The number of nitrogens with zero attached hydrogens (tertiary/aromatic N) is 5. The van der Waals surface area contributed by atoms with Gasteiger partial charge in [-0.1, -0.05) is 60.7 Å². The SMILES string of the molecule is CCN(CC)c1ccc(C2C=C(c3ccc(N(C)C)cc3)C2(C#N)C(=C(C#N)C#N)c2ccccc2)cc1. The van der Waals surface area contributed by atoms with Crippen molar-refractivity contribution in [3.05, 3.63) is 107 Å². The van der Waals surface area contributed by atoms with Gasteiger partial charge in [0.25, 0.3) is 0 Å². The van der Waals surface area contributed by atoms with Gasteiger partial charge in [-0.2, -0.15) is 15.8 Å². The van der Waals surface area contributed by atoms with E-state index in [1.165, 1.54) is 0 Å². The summed E-state index contributed by atoms with van der Waals surface area (Å²) in [5.74, 6) is -0.325. The summed E-state index contributed by atoms with van der Waals surface area (Å²) in [7, 11) is 3.97. The number of allylic oxidation sites excluding steroid dienone is 4. The molecule has 0 saturated carbocycles. The number of anilines is 2. The summed E-state index contributed by atoms with van der Waals surface area (Å²) in [4.78, 5) is 4.30. The molecule has 188 valence electrons. The zero-order valence-corrected chi connectivity index (χ0v) is 22.3. The number of hydrogen-bond acceptors (Lipinski definition) is 5. The van der Waals surface area contributed by atoms with Crippen LogP contribution in [-0.2, 0) is 0 Å². The lowest BCUT2D eigenvalue weighted by molar-refractivity contribution is 0.554. The van der Waals surface area contributed by atoms with Crippen LogP contribution in [0.5, 0.6) is 0 Å². The Morgan fingerprint density at radius 2 is 1.37 bits per heavy atom. The molecule has 0 heterocycles. The third-order valence-corrected chi connectivity index (χ3v) is 7.41. The number of hydrogen-bond donors (Lipinski definition) is 0. The first-order valence-corrected chi connectivity index (χ1v) is 12.8. The minimum Gasteiger partial charge on any atom is -0.378 e. The van der Waals surface area contributed by atoms with Crippen LogP contribution in [0.4, 0.5) is 11.4 Å². The molecule has 0 spiro atoms. The van der Waals surface area contributed by atoms with Gasteiger partial charge < -0.3 is 9.80 Å². The van der Waals surface area contributed by atoms with Gasteiger partial charge in [0.15, 0.2) is 0 Å². The van der Waals surface area contributed by atoms with Crippen molar-refractivity contribution in [2.75, 3.05) is 37.0 Å². The third kappa shape index (κ3) is 4.43. The van der Waals surface area contributed by atoms with E-state index in [4.69, 9.17) is 0 Å². The molecule has 0 bridgehead atoms. The van der Waals surface area contributed by atoms with E-state index < -0.39 is 5.41 Å². The molecular formula is C33H31N5. The predicted octanol–water partition coefficient (Wildman–Crippen LogP) is 6.79. The first-order chi connectivity index (χ1) is 18.4. The normalized spacial score (nSPS) is 17.6. The van der Waals surface area contributed by atoms with E-state index in [9.17, 15) is 15.8 Å². The summed E-state index contributed by atoms with van der Waals surface area (Å²) >= 11 is 0. The monoisotopic (exact) mass is 497 g/mol. The summed E-state index contributed by atoms with van der Waals surface area (Å²) < 4.78 is 0. The predicted molar refractivity (Wildman–Crippen MR) is 154 cm³/mol. The van der Waals surface area contributed by atoms with E-state index >= 15 is 0 Å². The van der Waals surface area contributed by atoms with Gasteiger partial charge in [-0.3, -0.25) is 0 Å². The van der Waals surface area contributed by atoms with Crippen LogP contribution in [0.25, 0.3) is 11.1 Å². The van der Waals surface area contributed by atoms with Crippen molar-refractivity contribution < 1.29 is 0 Å². The minimum absolute atomic E-state index is 0.0435. The number of benzene rings is 3. The molecule has 1 aliphatic rings. The zero-order valence-electron chi connectivity index (χ0n) is 22.3. The Labute approximate surface area is 225 Å². The standard InChI is InChI=1S/C33H31N5/c1-5-38(6-2)29-18-14-25(15-19-29)31-20-30(24-12-16-28(17-13-24)37(3)4)33(31,23-36)32(27(21-34)22-35)26-10-8-7-9-11-26/h7-20,31H,5-6H2,1-4H3. The van der Waals surface area contributed by atoms with Crippen LogP contribution in [0, 0.1) is 39.4 Å². The van der Waals surface area contributed by atoms with Crippen LogP contribution in [0.15, 0.2) is 90.5 Å². The minimum atomic E-state index is -1.21. The molecule has 5 nitrogen and oxygen atoms in total. The lowest BCUT2D eigenvalue weighted by atomic mass is 9.52. The molecule has 0 fully saturated rings. The smallest absolute Gasteiger partial charge is 0.135 e. The van der Waals surface area contributed by atoms with E-state index in [0.717, 1.165) is 41.2 Å². The lowest BCUT2D eigenvalue weighted by Crippen LogP contribution is -2.38. The molecule has 3 aromatic carbocycles. The van der Waals surface area contributed by atoms with Crippen LogP contribution in [0.2, 0.25) is 0 Å². The van der Waals surface area contributed by atoms with Crippen LogP contribution >= 0.6 is 0 Å². The third-order valence-electron chi connectivity index (χ3n) is 7.41. The molecular weight excluding hydrogens is 466 g/mol. The molecule has 2 atom stereocenters. The Hall–Kier alpha value is -4.79. The Kier molecular flexibility index (Phi) is 7.66. The Bertz CT molecular complexity index is 1460. The highest BCUT2D eigenvalue weighted by molar-refractivity contribution is 5.99. The molecule has 1 aliphatic carbocycles. The molecule has 0 N–H and O–H groups in total. The molecule has 2 unspecified atom stereocenters. The molecule has 0 aromatic heterocycles. The Balaban J connectivity index is 1.96. The fourth-order valence-electron chi connectivity index (χ4n) is 5.37. The van der Waals surface area contributed by atoms with Gasteiger partial charge in [-0.15, -0.1) is 0 Å². The topological polar surface area (TPSA) is 77.8 Å². The molecule has 0 saturated heterocycles. The van der Waals surface area contributed by atoms with Crippen molar-refractivity contribution in [3.63, 3.8) is 0 Å². The van der Waals surface area contributed by atoms with Gasteiger partial charge in [0.2, 0.25) is 0 Å². The van der Waals surface area contributed by atoms with Crippen molar-refractivity contribution in [2.24, 2.45) is 5.41 Å². The average molecular weight is 498 g/mol. The molecule has 38 heavy (non-hydrogen) atoms. The summed E-state index contributed by atoms with van der Waals surface area (Å²) in [6, 6.07) is 32.5. The molecule has 3 aromatic rings. The fourth-order valence-corrected chi connectivity index (χ4v) is 5.37. The largest absolute Gasteiger partial charge is 0.378 e. The van der Waals surface area contributed by atoms with Gasteiger partial charge >= 0.3 is 0 Å². The molecule has 0 radical (unpaired) electrons. The fraction of sp³-hybridized carbons (Fsp3) is 0.242. The zero-order chi connectivity index (χ0) is 27.3. The summed E-state index contributed by atoms with van der Waals surface area (Å²) in [6.07, 6.45) is 2.11. The summed E-state index contributed by atoms with van der Waals surface area (Å²) in [6.45, 7) is 6.07. The second-order valence-corrected chi connectivity index (χ2v) is 9.52. The van der Waals surface area contributed by atoms with Crippen molar-refractivity contribution in [2.45, 2.75) is 19.8 Å².